The molecule has 5 nitrogen and oxygen atoms in total. The fourth-order valence-electron chi connectivity index (χ4n) is 3.79. The molecule has 0 aliphatic rings. The van der Waals surface area contributed by atoms with Crippen molar-refractivity contribution in [2.75, 3.05) is 6.61 Å². The molecule has 0 aliphatic carbocycles. The molecule has 2 aromatic carbocycles. The van der Waals surface area contributed by atoms with Crippen LogP contribution in [0.15, 0.2) is 42.5 Å². The predicted octanol–water partition coefficient (Wildman–Crippen LogP) is 5.87. The first kappa shape index (κ1) is 22.4. The van der Waals surface area contributed by atoms with E-state index in [2.05, 4.69) is 24.5 Å². The van der Waals surface area contributed by atoms with E-state index < -0.39 is 0 Å². The summed E-state index contributed by atoms with van der Waals surface area (Å²) >= 11 is 0. The minimum atomic E-state index is -0.224. The summed E-state index contributed by atoms with van der Waals surface area (Å²) in [7, 11) is 0. The minimum Gasteiger partial charge on any atom is -0.491 e. The SMILES string of the molecule is CCCCOC(=O)Cc1cccc(-c2c(C#N)c3ccc(OC(C)C)cc3n2CC)c1. The molecule has 0 bridgehead atoms. The zero-order valence-electron chi connectivity index (χ0n) is 18.8. The maximum absolute atomic E-state index is 12.2. The van der Waals surface area contributed by atoms with Crippen molar-refractivity contribution in [2.45, 2.75) is 59.6 Å². The largest absolute Gasteiger partial charge is 0.491 e. The van der Waals surface area contributed by atoms with Crippen LogP contribution in [0.4, 0.5) is 0 Å². The standard InChI is InChI=1S/C26H30N2O3/c1-5-7-13-30-25(29)15-19-9-8-10-20(14-19)26-23(17-27)22-12-11-21(31-18(3)4)16-24(22)28(26)6-2/h8-12,14,16,18H,5-7,13,15H2,1-4H3. The first-order valence-corrected chi connectivity index (χ1v) is 11.0. The van der Waals surface area contributed by atoms with Crippen LogP contribution < -0.4 is 4.74 Å². The Labute approximate surface area is 184 Å². The summed E-state index contributed by atoms with van der Waals surface area (Å²) in [4.78, 5) is 12.2. The number of carbonyl (C=O) groups is 1. The molecule has 1 aromatic heterocycles. The molecule has 31 heavy (non-hydrogen) atoms. The number of nitrogens with zero attached hydrogens (tertiary/aromatic N) is 2. The van der Waals surface area contributed by atoms with Gasteiger partial charge in [0.1, 0.15) is 11.8 Å². The summed E-state index contributed by atoms with van der Waals surface area (Å²) in [5.74, 6) is 0.562. The Bertz CT molecular complexity index is 1110. The number of carbonyl (C=O) groups excluding carboxylic acids is 1. The van der Waals surface area contributed by atoms with Crippen molar-refractivity contribution >= 4 is 16.9 Å². The summed E-state index contributed by atoms with van der Waals surface area (Å²) in [6.45, 7) is 9.28. The molecule has 0 unspecified atom stereocenters. The number of ether oxygens (including phenoxy) is 2. The van der Waals surface area contributed by atoms with Gasteiger partial charge in [-0.1, -0.05) is 31.5 Å². The first-order chi connectivity index (χ1) is 15.0. The highest BCUT2D eigenvalue weighted by molar-refractivity contribution is 5.95. The molecule has 0 saturated carbocycles. The molecule has 0 spiro atoms. The zero-order chi connectivity index (χ0) is 22.4. The number of unbranched alkanes of at least 4 members (excludes halogenated alkanes) is 1. The van der Waals surface area contributed by atoms with Crippen LogP contribution in [0.25, 0.3) is 22.2 Å². The van der Waals surface area contributed by atoms with E-state index in [4.69, 9.17) is 9.47 Å². The third kappa shape index (κ3) is 5.08. The number of aryl methyl sites for hydroxylation is 1. The van der Waals surface area contributed by atoms with Gasteiger partial charge in [0.15, 0.2) is 0 Å². The van der Waals surface area contributed by atoms with E-state index in [1.807, 2.05) is 56.3 Å². The van der Waals surface area contributed by atoms with Gasteiger partial charge in [0.05, 0.1) is 35.9 Å². The van der Waals surface area contributed by atoms with Crippen molar-refractivity contribution in [3.05, 3.63) is 53.6 Å². The topological polar surface area (TPSA) is 64.2 Å². The molecule has 0 saturated heterocycles. The van der Waals surface area contributed by atoms with Crippen molar-refractivity contribution in [1.29, 1.82) is 5.26 Å². The second-order valence-corrected chi connectivity index (χ2v) is 7.88. The lowest BCUT2D eigenvalue weighted by Crippen LogP contribution is -2.09. The molecule has 0 amide bonds. The first-order valence-electron chi connectivity index (χ1n) is 11.0. The molecule has 5 heteroatoms. The maximum atomic E-state index is 12.2. The summed E-state index contributed by atoms with van der Waals surface area (Å²) < 4.78 is 13.3. The molecule has 1 heterocycles. The van der Waals surface area contributed by atoms with Crippen LogP contribution in [-0.4, -0.2) is 23.2 Å². The van der Waals surface area contributed by atoms with Gasteiger partial charge in [-0.05, 0) is 56.5 Å². The lowest BCUT2D eigenvalue weighted by Gasteiger charge is -2.12. The van der Waals surface area contributed by atoms with E-state index in [0.717, 1.165) is 46.3 Å². The van der Waals surface area contributed by atoms with Crippen LogP contribution >= 0.6 is 0 Å². The molecule has 0 atom stereocenters. The molecule has 0 radical (unpaired) electrons. The molecule has 162 valence electrons. The second-order valence-electron chi connectivity index (χ2n) is 7.88. The van der Waals surface area contributed by atoms with Gasteiger partial charge in [0.2, 0.25) is 0 Å². The molecule has 0 aliphatic heterocycles. The highest BCUT2D eigenvalue weighted by Crippen LogP contribution is 2.35. The average molecular weight is 419 g/mol. The van der Waals surface area contributed by atoms with E-state index >= 15 is 0 Å². The van der Waals surface area contributed by atoms with E-state index in [1.54, 1.807) is 0 Å². The van der Waals surface area contributed by atoms with Crippen LogP contribution in [0.5, 0.6) is 5.75 Å². The predicted molar refractivity (Wildman–Crippen MR) is 123 cm³/mol. The summed E-state index contributed by atoms with van der Waals surface area (Å²) in [5, 5.41) is 10.9. The van der Waals surface area contributed by atoms with Crippen LogP contribution in [0.2, 0.25) is 0 Å². The van der Waals surface area contributed by atoms with Crippen LogP contribution in [0.3, 0.4) is 0 Å². The van der Waals surface area contributed by atoms with Gasteiger partial charge < -0.3 is 14.0 Å². The minimum absolute atomic E-state index is 0.0751. The lowest BCUT2D eigenvalue weighted by molar-refractivity contribution is -0.142. The lowest BCUT2D eigenvalue weighted by atomic mass is 10.0. The Morgan fingerprint density at radius 1 is 1.16 bits per heavy atom. The smallest absolute Gasteiger partial charge is 0.310 e. The fourth-order valence-corrected chi connectivity index (χ4v) is 3.79. The summed E-state index contributed by atoms with van der Waals surface area (Å²) in [6, 6.07) is 16.1. The molecule has 0 N–H and O–H groups in total. The fraction of sp³-hybridized carbons (Fsp3) is 0.385. The van der Waals surface area contributed by atoms with Crippen molar-refractivity contribution in [2.24, 2.45) is 0 Å². The highest BCUT2D eigenvalue weighted by atomic mass is 16.5. The Morgan fingerprint density at radius 2 is 1.97 bits per heavy atom. The average Bonchev–Trinajstić information content (AvgIpc) is 3.06. The van der Waals surface area contributed by atoms with Crippen molar-refractivity contribution in [3.8, 4) is 23.1 Å². The molecule has 0 fully saturated rings. The molecular formula is C26H30N2O3. The highest BCUT2D eigenvalue weighted by Gasteiger charge is 2.19. The van der Waals surface area contributed by atoms with Crippen LogP contribution in [-0.2, 0) is 22.5 Å². The van der Waals surface area contributed by atoms with E-state index in [9.17, 15) is 10.1 Å². The van der Waals surface area contributed by atoms with E-state index in [0.29, 0.717) is 18.7 Å². The van der Waals surface area contributed by atoms with Crippen molar-refractivity contribution in [3.63, 3.8) is 0 Å². The third-order valence-corrected chi connectivity index (χ3v) is 5.15. The van der Waals surface area contributed by atoms with Gasteiger partial charge in [-0.15, -0.1) is 0 Å². The molecular weight excluding hydrogens is 388 g/mol. The third-order valence-electron chi connectivity index (χ3n) is 5.15. The molecule has 3 aromatic rings. The van der Waals surface area contributed by atoms with Crippen molar-refractivity contribution in [1.82, 2.24) is 4.57 Å². The summed E-state index contributed by atoms with van der Waals surface area (Å²) in [6.07, 6.45) is 2.16. The quantitative estimate of drug-likeness (QED) is 0.322. The molecule has 3 rings (SSSR count). The maximum Gasteiger partial charge on any atom is 0.310 e. The Hall–Kier alpha value is -3.26. The summed E-state index contributed by atoms with van der Waals surface area (Å²) in [5.41, 5.74) is 4.26. The Morgan fingerprint density at radius 3 is 2.65 bits per heavy atom. The Kier molecular flexibility index (Phi) is 7.36. The van der Waals surface area contributed by atoms with E-state index in [1.165, 1.54) is 0 Å². The number of aromatic nitrogens is 1. The van der Waals surface area contributed by atoms with Gasteiger partial charge in [-0.3, -0.25) is 4.79 Å². The number of rotatable bonds is 9. The van der Waals surface area contributed by atoms with Gasteiger partial charge >= 0.3 is 5.97 Å². The van der Waals surface area contributed by atoms with Crippen LogP contribution in [0.1, 0.15) is 51.7 Å². The van der Waals surface area contributed by atoms with Gasteiger partial charge in [0.25, 0.3) is 0 Å². The van der Waals surface area contributed by atoms with Crippen LogP contribution in [0, 0.1) is 11.3 Å². The monoisotopic (exact) mass is 418 g/mol. The van der Waals surface area contributed by atoms with Gasteiger partial charge in [-0.2, -0.15) is 5.26 Å². The van der Waals surface area contributed by atoms with E-state index in [-0.39, 0.29) is 18.5 Å². The number of benzene rings is 2. The van der Waals surface area contributed by atoms with Crippen molar-refractivity contribution < 1.29 is 14.3 Å². The second kappa shape index (κ2) is 10.2. The van der Waals surface area contributed by atoms with Gasteiger partial charge in [-0.25, -0.2) is 0 Å². The number of nitriles is 1. The Balaban J connectivity index is 2.02. The number of fused-ring (bicyclic) bond motifs is 1. The van der Waals surface area contributed by atoms with Gasteiger partial charge in [0, 0.05) is 18.0 Å². The zero-order valence-corrected chi connectivity index (χ0v) is 18.8. The number of hydrogen-bond donors (Lipinski definition) is 0. The number of hydrogen-bond acceptors (Lipinski definition) is 4. The normalized spacial score (nSPS) is 11.0. The number of esters is 1.